The molecule has 30 heavy (non-hydrogen) atoms. The van der Waals surface area contributed by atoms with Crippen LogP contribution in [0.4, 0.5) is 0 Å². The number of guanidine groups is 1. The lowest BCUT2D eigenvalue weighted by Gasteiger charge is -2.26. The number of hydrogen-bond donors (Lipinski definition) is 2. The molecule has 166 valence electrons. The molecular formula is C22H34IN5OS. The normalized spacial score (nSPS) is 15.1. The van der Waals surface area contributed by atoms with Crippen LogP contribution in [-0.4, -0.2) is 48.7 Å². The first kappa shape index (κ1) is 25.0. The van der Waals surface area contributed by atoms with Gasteiger partial charge < -0.3 is 15.4 Å². The molecule has 0 radical (unpaired) electrons. The van der Waals surface area contributed by atoms with E-state index >= 15 is 0 Å². The second kappa shape index (κ2) is 13.2. The van der Waals surface area contributed by atoms with E-state index in [4.69, 9.17) is 9.73 Å². The molecule has 0 unspecified atom stereocenters. The first-order chi connectivity index (χ1) is 14.1. The molecule has 8 heteroatoms. The highest BCUT2D eigenvalue weighted by Crippen LogP contribution is 2.17. The van der Waals surface area contributed by atoms with Crippen LogP contribution in [0.3, 0.4) is 0 Å². The van der Waals surface area contributed by atoms with Gasteiger partial charge in [-0.1, -0.05) is 38.1 Å². The number of thiazole rings is 1. The molecular weight excluding hydrogens is 509 g/mol. The third kappa shape index (κ3) is 8.13. The molecule has 0 amide bonds. The van der Waals surface area contributed by atoms with Gasteiger partial charge in [0.15, 0.2) is 5.96 Å². The number of hydrogen-bond acceptors (Lipinski definition) is 5. The van der Waals surface area contributed by atoms with Crippen LogP contribution < -0.4 is 10.6 Å². The number of halogens is 1. The smallest absolute Gasteiger partial charge is 0.191 e. The van der Waals surface area contributed by atoms with Gasteiger partial charge in [0.05, 0.1) is 32.0 Å². The lowest BCUT2D eigenvalue weighted by atomic mass is 10.1. The quantitative estimate of drug-likeness (QED) is 0.300. The summed E-state index contributed by atoms with van der Waals surface area (Å²) in [5.74, 6) is 1.29. The first-order valence-corrected chi connectivity index (χ1v) is 11.4. The van der Waals surface area contributed by atoms with Crippen molar-refractivity contribution in [1.82, 2.24) is 20.5 Å². The minimum Gasteiger partial charge on any atom is -0.379 e. The van der Waals surface area contributed by atoms with Crippen molar-refractivity contribution < 1.29 is 4.74 Å². The summed E-state index contributed by atoms with van der Waals surface area (Å²) in [6.07, 6.45) is 0. The average Bonchev–Trinajstić information content (AvgIpc) is 3.21. The summed E-state index contributed by atoms with van der Waals surface area (Å²) in [6.45, 7) is 13.3. The Hall–Kier alpha value is -1.23. The summed E-state index contributed by atoms with van der Waals surface area (Å²) >= 11 is 1.70. The first-order valence-electron chi connectivity index (χ1n) is 10.5. The molecule has 0 spiro atoms. The average molecular weight is 544 g/mol. The van der Waals surface area contributed by atoms with E-state index in [1.807, 2.05) is 0 Å². The summed E-state index contributed by atoms with van der Waals surface area (Å²) in [7, 11) is 0. The van der Waals surface area contributed by atoms with E-state index in [2.05, 4.69) is 70.9 Å². The molecule has 2 heterocycles. The van der Waals surface area contributed by atoms with Crippen LogP contribution in [0.1, 0.15) is 48.5 Å². The molecule has 1 aromatic carbocycles. The van der Waals surface area contributed by atoms with E-state index in [1.54, 1.807) is 11.3 Å². The zero-order chi connectivity index (χ0) is 20.5. The third-order valence-corrected chi connectivity index (χ3v) is 5.70. The van der Waals surface area contributed by atoms with Crippen LogP contribution in [0, 0.1) is 0 Å². The zero-order valence-corrected chi connectivity index (χ0v) is 21.3. The maximum absolute atomic E-state index is 5.44. The summed E-state index contributed by atoms with van der Waals surface area (Å²) < 4.78 is 5.44. The van der Waals surface area contributed by atoms with Crippen LogP contribution in [0.2, 0.25) is 0 Å². The summed E-state index contributed by atoms with van der Waals surface area (Å²) in [5.41, 5.74) is 3.72. The number of aromatic nitrogens is 1. The number of nitrogens with one attached hydrogen (secondary N) is 2. The van der Waals surface area contributed by atoms with Crippen molar-refractivity contribution in [2.24, 2.45) is 4.99 Å². The van der Waals surface area contributed by atoms with E-state index in [-0.39, 0.29) is 24.0 Å². The Balaban J connectivity index is 0.00000320. The number of aliphatic imine (C=N–C) groups is 1. The van der Waals surface area contributed by atoms with Crippen molar-refractivity contribution in [1.29, 1.82) is 0 Å². The number of nitrogens with zero attached hydrogens (tertiary/aromatic N) is 3. The van der Waals surface area contributed by atoms with Crippen LogP contribution in [0.5, 0.6) is 0 Å². The fourth-order valence-corrected chi connectivity index (χ4v) is 4.08. The Morgan fingerprint density at radius 1 is 1.23 bits per heavy atom. The molecule has 2 N–H and O–H groups in total. The van der Waals surface area contributed by atoms with Gasteiger partial charge >= 0.3 is 0 Å². The van der Waals surface area contributed by atoms with Gasteiger partial charge in [-0.15, -0.1) is 35.3 Å². The van der Waals surface area contributed by atoms with Crippen LogP contribution in [0.15, 0.2) is 34.6 Å². The molecule has 1 saturated heterocycles. The van der Waals surface area contributed by atoms with Crippen molar-refractivity contribution in [3.63, 3.8) is 0 Å². The second-order valence-electron chi connectivity index (χ2n) is 7.58. The van der Waals surface area contributed by atoms with E-state index in [9.17, 15) is 0 Å². The monoisotopic (exact) mass is 543 g/mol. The van der Waals surface area contributed by atoms with Crippen LogP contribution in [0.25, 0.3) is 0 Å². The molecule has 0 aliphatic carbocycles. The third-order valence-electron chi connectivity index (χ3n) is 4.83. The maximum Gasteiger partial charge on any atom is 0.191 e. The van der Waals surface area contributed by atoms with Crippen molar-refractivity contribution in [3.05, 3.63) is 51.5 Å². The lowest BCUT2D eigenvalue weighted by molar-refractivity contribution is 0.0342. The minimum absolute atomic E-state index is 0. The van der Waals surface area contributed by atoms with Gasteiger partial charge in [0.2, 0.25) is 0 Å². The Bertz CT molecular complexity index is 789. The van der Waals surface area contributed by atoms with Gasteiger partial charge in [-0.2, -0.15) is 0 Å². The largest absolute Gasteiger partial charge is 0.379 e. The molecule has 1 fully saturated rings. The van der Waals surface area contributed by atoms with E-state index in [0.29, 0.717) is 19.0 Å². The molecule has 0 saturated carbocycles. The Labute approximate surface area is 201 Å². The van der Waals surface area contributed by atoms with E-state index < -0.39 is 0 Å². The summed E-state index contributed by atoms with van der Waals surface area (Å²) in [6, 6.07) is 8.73. The van der Waals surface area contributed by atoms with Crippen molar-refractivity contribution >= 4 is 41.3 Å². The molecule has 1 aliphatic rings. The predicted molar refractivity (Wildman–Crippen MR) is 136 cm³/mol. The highest BCUT2D eigenvalue weighted by Gasteiger charge is 2.11. The van der Waals surface area contributed by atoms with Gasteiger partial charge in [-0.25, -0.2) is 9.98 Å². The molecule has 1 aliphatic heterocycles. The molecule has 0 bridgehead atoms. The van der Waals surface area contributed by atoms with Gasteiger partial charge in [0.25, 0.3) is 0 Å². The van der Waals surface area contributed by atoms with Crippen molar-refractivity contribution in [2.75, 3.05) is 32.8 Å². The molecule has 3 rings (SSSR count). The number of rotatable bonds is 8. The van der Waals surface area contributed by atoms with Gasteiger partial charge in [-0.05, 0) is 24.0 Å². The fourth-order valence-electron chi connectivity index (χ4n) is 3.19. The predicted octanol–water partition coefficient (Wildman–Crippen LogP) is 3.97. The van der Waals surface area contributed by atoms with E-state index in [1.165, 1.54) is 11.1 Å². The highest BCUT2D eigenvalue weighted by atomic mass is 127. The summed E-state index contributed by atoms with van der Waals surface area (Å²) in [4.78, 5) is 11.9. The van der Waals surface area contributed by atoms with Crippen LogP contribution in [-0.2, 0) is 24.4 Å². The Kier molecular flexibility index (Phi) is 11.0. The fraction of sp³-hybridized carbons (Fsp3) is 0.545. The van der Waals surface area contributed by atoms with Crippen molar-refractivity contribution in [3.8, 4) is 0 Å². The number of morpholine rings is 1. The van der Waals surface area contributed by atoms with E-state index in [0.717, 1.165) is 56.1 Å². The van der Waals surface area contributed by atoms with Gasteiger partial charge in [-0.3, -0.25) is 4.90 Å². The maximum atomic E-state index is 5.44. The Morgan fingerprint density at radius 3 is 2.70 bits per heavy atom. The zero-order valence-electron chi connectivity index (χ0n) is 18.2. The number of ether oxygens (including phenoxy) is 1. The SMILES string of the molecule is CCNC(=NCc1cccc(CN2CCOCC2)c1)NCc1nc(C(C)C)cs1.I. The molecule has 1 aromatic heterocycles. The second-order valence-corrected chi connectivity index (χ2v) is 8.52. The van der Waals surface area contributed by atoms with Crippen molar-refractivity contribution in [2.45, 2.75) is 46.3 Å². The molecule has 0 atom stereocenters. The lowest BCUT2D eigenvalue weighted by Crippen LogP contribution is -2.36. The minimum atomic E-state index is 0. The summed E-state index contributed by atoms with van der Waals surface area (Å²) in [5, 5.41) is 9.97. The topological polar surface area (TPSA) is 61.8 Å². The van der Waals surface area contributed by atoms with Crippen LogP contribution >= 0.6 is 35.3 Å². The van der Waals surface area contributed by atoms with Gasteiger partial charge in [0, 0.05) is 31.6 Å². The van der Waals surface area contributed by atoms with Gasteiger partial charge in [0.1, 0.15) is 5.01 Å². The number of benzene rings is 1. The Morgan fingerprint density at radius 2 is 2.00 bits per heavy atom. The molecule has 2 aromatic rings. The molecule has 6 nitrogen and oxygen atoms in total. The standard InChI is InChI=1S/C22H33N5OS.HI/c1-4-23-22(25-14-21-26-20(16-29-21)17(2)3)24-13-18-6-5-7-19(12-18)15-27-8-10-28-11-9-27;/h5-7,12,16-17H,4,8-11,13-15H2,1-3H3,(H2,23,24,25);1H. The highest BCUT2D eigenvalue weighted by molar-refractivity contribution is 14.0.